The van der Waals surface area contributed by atoms with E-state index in [4.69, 9.17) is 4.74 Å². The molecule has 98 valence electrons. The molecule has 0 bridgehead atoms. The zero-order valence-corrected chi connectivity index (χ0v) is 11.6. The number of hydrogen-bond donors (Lipinski definition) is 0. The van der Waals surface area contributed by atoms with E-state index < -0.39 is 5.97 Å². The first kappa shape index (κ1) is 13.4. The number of pyridine rings is 1. The molecule has 2 aromatic rings. The number of carbonyl (C=O) groups is 1. The molecule has 2 aromatic heterocycles. The fourth-order valence-corrected chi connectivity index (χ4v) is 1.75. The molecule has 7 heteroatoms. The summed E-state index contributed by atoms with van der Waals surface area (Å²) in [6.45, 7) is 1.99. The van der Waals surface area contributed by atoms with Crippen molar-refractivity contribution in [2.75, 3.05) is 6.61 Å². The highest BCUT2D eigenvalue weighted by atomic mass is 79.9. The molecule has 0 aliphatic rings. The number of esters is 1. The largest absolute Gasteiger partial charge is 0.462 e. The second-order valence-corrected chi connectivity index (χ2v) is 4.36. The van der Waals surface area contributed by atoms with Crippen LogP contribution in [0.1, 0.15) is 17.3 Å². The lowest BCUT2D eigenvalue weighted by Gasteiger charge is -2.07. The van der Waals surface area contributed by atoms with Crippen molar-refractivity contribution in [2.45, 2.75) is 6.92 Å². The predicted molar refractivity (Wildman–Crippen MR) is 71.3 cm³/mol. The van der Waals surface area contributed by atoms with Crippen molar-refractivity contribution in [3.63, 3.8) is 0 Å². The Morgan fingerprint density at radius 1 is 1.42 bits per heavy atom. The van der Waals surface area contributed by atoms with Gasteiger partial charge in [-0.3, -0.25) is 14.3 Å². The van der Waals surface area contributed by atoms with Crippen molar-refractivity contribution in [3.05, 3.63) is 51.2 Å². The molecule has 2 rings (SSSR count). The predicted octanol–water partition coefficient (Wildman–Crippen LogP) is 1.57. The van der Waals surface area contributed by atoms with E-state index in [0.29, 0.717) is 10.4 Å². The quantitative estimate of drug-likeness (QED) is 0.801. The zero-order valence-electron chi connectivity index (χ0n) is 10.0. The van der Waals surface area contributed by atoms with Gasteiger partial charge in [0.05, 0.1) is 24.6 Å². The summed E-state index contributed by atoms with van der Waals surface area (Å²) in [5.74, 6) is -0.162. The average Bonchev–Trinajstić information content (AvgIpc) is 2.39. The van der Waals surface area contributed by atoms with Crippen LogP contribution in [0, 0.1) is 0 Å². The van der Waals surface area contributed by atoms with Crippen LogP contribution >= 0.6 is 15.9 Å². The maximum atomic E-state index is 11.8. The van der Waals surface area contributed by atoms with Crippen molar-refractivity contribution < 1.29 is 9.53 Å². The van der Waals surface area contributed by atoms with Crippen LogP contribution in [0.15, 0.2) is 40.1 Å². The second kappa shape index (κ2) is 5.75. The second-order valence-electron chi connectivity index (χ2n) is 3.55. The smallest absolute Gasteiger partial charge is 0.339 e. The highest BCUT2D eigenvalue weighted by Crippen LogP contribution is 2.08. The van der Waals surface area contributed by atoms with Gasteiger partial charge in [-0.25, -0.2) is 9.78 Å². The van der Waals surface area contributed by atoms with Crippen LogP contribution in [-0.4, -0.2) is 27.1 Å². The first-order valence-corrected chi connectivity index (χ1v) is 6.29. The number of halogens is 1. The Kier molecular flexibility index (Phi) is 4.06. The molecule has 0 fully saturated rings. The monoisotopic (exact) mass is 323 g/mol. The maximum absolute atomic E-state index is 11.8. The number of aromatic nitrogens is 3. The topological polar surface area (TPSA) is 74.1 Å². The molecule has 0 radical (unpaired) electrons. The van der Waals surface area contributed by atoms with Gasteiger partial charge in [0.15, 0.2) is 5.82 Å². The van der Waals surface area contributed by atoms with E-state index in [9.17, 15) is 9.59 Å². The van der Waals surface area contributed by atoms with Gasteiger partial charge >= 0.3 is 5.97 Å². The Labute approximate surface area is 117 Å². The van der Waals surface area contributed by atoms with Gasteiger partial charge < -0.3 is 4.74 Å². The molecule has 0 amide bonds. The Hall–Kier alpha value is -2.02. The highest BCUT2D eigenvalue weighted by Gasteiger charge is 2.10. The minimum atomic E-state index is -0.487. The van der Waals surface area contributed by atoms with Gasteiger partial charge in [-0.05, 0) is 28.9 Å². The molecule has 0 aliphatic carbocycles. The van der Waals surface area contributed by atoms with E-state index in [0.717, 1.165) is 0 Å². The normalized spacial score (nSPS) is 10.2. The number of nitrogens with zero attached hydrogens (tertiary/aromatic N) is 3. The van der Waals surface area contributed by atoms with Crippen molar-refractivity contribution in [1.82, 2.24) is 14.5 Å². The minimum Gasteiger partial charge on any atom is -0.462 e. The third kappa shape index (κ3) is 3.05. The van der Waals surface area contributed by atoms with E-state index in [1.807, 2.05) is 0 Å². The Balaban J connectivity index is 2.48. The summed E-state index contributed by atoms with van der Waals surface area (Å²) in [5.41, 5.74) is -0.0244. The van der Waals surface area contributed by atoms with Gasteiger partial charge in [-0.1, -0.05) is 0 Å². The van der Waals surface area contributed by atoms with Crippen molar-refractivity contribution in [1.29, 1.82) is 0 Å². The van der Waals surface area contributed by atoms with Gasteiger partial charge in [0.1, 0.15) is 4.60 Å². The van der Waals surface area contributed by atoms with Crippen LogP contribution in [0.3, 0.4) is 0 Å². The molecule has 0 saturated heterocycles. The molecule has 2 heterocycles. The average molecular weight is 324 g/mol. The number of carbonyl (C=O) groups excluding carboxylic acids is 1. The lowest BCUT2D eigenvalue weighted by Crippen LogP contribution is -2.20. The summed E-state index contributed by atoms with van der Waals surface area (Å²) < 4.78 is 6.62. The summed E-state index contributed by atoms with van der Waals surface area (Å²) in [4.78, 5) is 31.5. The summed E-state index contributed by atoms with van der Waals surface area (Å²) in [6, 6.07) is 2.71. The molecule has 0 unspecified atom stereocenters. The third-order valence-corrected chi connectivity index (χ3v) is 2.64. The van der Waals surface area contributed by atoms with Gasteiger partial charge in [0, 0.05) is 12.3 Å². The van der Waals surface area contributed by atoms with Crippen LogP contribution in [0.25, 0.3) is 5.82 Å². The standard InChI is InChI=1S/C12H10BrN3O3/c1-2-19-12(18)8-3-4-11(17)16(7-8)10-6-14-5-9(13)15-10/h3-7H,2H2,1H3. The van der Waals surface area contributed by atoms with Gasteiger partial charge in [0.2, 0.25) is 0 Å². The molecular weight excluding hydrogens is 314 g/mol. The molecule has 0 aromatic carbocycles. The van der Waals surface area contributed by atoms with E-state index in [1.54, 1.807) is 6.92 Å². The molecule has 0 aliphatic heterocycles. The van der Waals surface area contributed by atoms with Crippen molar-refractivity contribution in [2.24, 2.45) is 0 Å². The molecule has 0 atom stereocenters. The van der Waals surface area contributed by atoms with E-state index in [1.165, 1.54) is 35.3 Å². The van der Waals surface area contributed by atoms with Gasteiger partial charge in [-0.2, -0.15) is 0 Å². The van der Waals surface area contributed by atoms with Crippen LogP contribution in [0.2, 0.25) is 0 Å². The van der Waals surface area contributed by atoms with Crippen LogP contribution in [-0.2, 0) is 4.74 Å². The lowest BCUT2D eigenvalue weighted by molar-refractivity contribution is 0.0525. The summed E-state index contributed by atoms with van der Waals surface area (Å²) in [7, 11) is 0. The first-order valence-electron chi connectivity index (χ1n) is 5.49. The van der Waals surface area contributed by atoms with E-state index in [-0.39, 0.29) is 17.7 Å². The number of rotatable bonds is 3. The molecule has 0 N–H and O–H groups in total. The lowest BCUT2D eigenvalue weighted by atomic mass is 10.3. The molecule has 0 spiro atoms. The van der Waals surface area contributed by atoms with Crippen molar-refractivity contribution in [3.8, 4) is 5.82 Å². The minimum absolute atomic E-state index is 0.272. The molecular formula is C12H10BrN3O3. The first-order chi connectivity index (χ1) is 9.11. The fourth-order valence-electron chi connectivity index (χ4n) is 1.45. The molecule has 6 nitrogen and oxygen atoms in total. The number of ether oxygens (including phenoxy) is 1. The Morgan fingerprint density at radius 3 is 2.89 bits per heavy atom. The number of hydrogen-bond acceptors (Lipinski definition) is 5. The Morgan fingerprint density at radius 2 is 2.21 bits per heavy atom. The van der Waals surface area contributed by atoms with Gasteiger partial charge in [0.25, 0.3) is 5.56 Å². The molecule has 0 saturated carbocycles. The van der Waals surface area contributed by atoms with Crippen LogP contribution in [0.4, 0.5) is 0 Å². The maximum Gasteiger partial charge on any atom is 0.339 e. The fraction of sp³-hybridized carbons (Fsp3) is 0.167. The SMILES string of the molecule is CCOC(=O)c1ccc(=O)n(-c2cncc(Br)n2)c1. The van der Waals surface area contributed by atoms with Gasteiger partial charge in [-0.15, -0.1) is 0 Å². The van der Waals surface area contributed by atoms with E-state index in [2.05, 4.69) is 25.9 Å². The summed E-state index contributed by atoms with van der Waals surface area (Å²) in [5, 5.41) is 0. The molecule has 19 heavy (non-hydrogen) atoms. The summed E-state index contributed by atoms with van der Waals surface area (Å²) in [6.07, 6.45) is 4.32. The van der Waals surface area contributed by atoms with Crippen LogP contribution in [0.5, 0.6) is 0 Å². The third-order valence-electron chi connectivity index (χ3n) is 2.26. The highest BCUT2D eigenvalue weighted by molar-refractivity contribution is 9.10. The van der Waals surface area contributed by atoms with E-state index >= 15 is 0 Å². The Bertz CT molecular complexity index is 669. The summed E-state index contributed by atoms with van der Waals surface area (Å²) >= 11 is 3.18. The zero-order chi connectivity index (χ0) is 13.8. The van der Waals surface area contributed by atoms with Crippen molar-refractivity contribution >= 4 is 21.9 Å². The van der Waals surface area contributed by atoms with Crippen LogP contribution < -0.4 is 5.56 Å².